The number of nitrogens with zero attached hydrogens (tertiary/aromatic N) is 1. The Kier molecular flexibility index (Phi) is 7.01. The number of urea groups is 1. The lowest BCUT2D eigenvalue weighted by molar-refractivity contribution is 0.177. The molecule has 0 spiro atoms. The summed E-state index contributed by atoms with van der Waals surface area (Å²) in [6, 6.07) is 0.302. The van der Waals surface area contributed by atoms with Gasteiger partial charge in [-0.1, -0.05) is 26.7 Å². The molecule has 100 valence electrons. The second kappa shape index (κ2) is 8.34. The van der Waals surface area contributed by atoms with Crippen LogP contribution in [0, 0.1) is 0 Å². The van der Waals surface area contributed by atoms with Gasteiger partial charge in [-0.25, -0.2) is 4.79 Å². The van der Waals surface area contributed by atoms with Crippen molar-refractivity contribution >= 4 is 6.03 Å². The number of hydrogen-bond acceptors (Lipinski definition) is 2. The van der Waals surface area contributed by atoms with Gasteiger partial charge in [0.25, 0.3) is 0 Å². The molecule has 1 aliphatic heterocycles. The maximum absolute atomic E-state index is 12.1. The average Bonchev–Trinajstić information content (AvgIpc) is 2.82. The number of nitrogens with one attached hydrogen (secondary N) is 1. The van der Waals surface area contributed by atoms with Gasteiger partial charge >= 0.3 is 6.03 Å². The zero-order valence-corrected chi connectivity index (χ0v) is 11.2. The molecule has 1 N–H and O–H groups in total. The molecule has 0 bridgehead atoms. The summed E-state index contributed by atoms with van der Waals surface area (Å²) >= 11 is 0. The van der Waals surface area contributed by atoms with Crippen LogP contribution in [0.2, 0.25) is 0 Å². The van der Waals surface area contributed by atoms with E-state index in [0.29, 0.717) is 6.61 Å². The highest BCUT2D eigenvalue weighted by atomic mass is 16.5. The Morgan fingerprint density at radius 2 is 1.94 bits per heavy atom. The third kappa shape index (κ3) is 5.39. The third-order valence-electron chi connectivity index (χ3n) is 3.11. The standard InChI is InChI=1S/C13H26N2O2/c1-3-5-8-15(9-6-4-2)13(16)14-12-7-10-17-11-12/h12H,3-11H2,1-2H3,(H,14,16). The second-order valence-corrected chi connectivity index (χ2v) is 4.70. The van der Waals surface area contributed by atoms with Crippen molar-refractivity contribution in [2.24, 2.45) is 0 Å². The van der Waals surface area contributed by atoms with Gasteiger partial charge in [0.05, 0.1) is 12.6 Å². The van der Waals surface area contributed by atoms with Gasteiger partial charge in [-0.2, -0.15) is 0 Å². The second-order valence-electron chi connectivity index (χ2n) is 4.70. The van der Waals surface area contributed by atoms with E-state index in [9.17, 15) is 4.79 Å². The van der Waals surface area contributed by atoms with E-state index >= 15 is 0 Å². The Balaban J connectivity index is 2.34. The van der Waals surface area contributed by atoms with Crippen LogP contribution in [-0.4, -0.2) is 43.3 Å². The number of ether oxygens (including phenoxy) is 1. The molecule has 0 saturated carbocycles. The molecule has 1 heterocycles. The van der Waals surface area contributed by atoms with Crippen molar-refractivity contribution in [3.05, 3.63) is 0 Å². The van der Waals surface area contributed by atoms with Crippen LogP contribution in [0.5, 0.6) is 0 Å². The number of amides is 2. The summed E-state index contributed by atoms with van der Waals surface area (Å²) in [6.45, 7) is 7.49. The van der Waals surface area contributed by atoms with E-state index < -0.39 is 0 Å². The minimum Gasteiger partial charge on any atom is -0.379 e. The maximum Gasteiger partial charge on any atom is 0.317 e. The molecule has 4 nitrogen and oxygen atoms in total. The normalized spacial score (nSPS) is 19.3. The molecular weight excluding hydrogens is 216 g/mol. The fraction of sp³-hybridized carbons (Fsp3) is 0.923. The highest BCUT2D eigenvalue weighted by molar-refractivity contribution is 5.74. The summed E-state index contributed by atoms with van der Waals surface area (Å²) in [5.41, 5.74) is 0. The van der Waals surface area contributed by atoms with Crippen molar-refractivity contribution in [3.63, 3.8) is 0 Å². The maximum atomic E-state index is 12.1. The van der Waals surface area contributed by atoms with E-state index in [4.69, 9.17) is 4.74 Å². The minimum atomic E-state index is 0.0856. The summed E-state index contributed by atoms with van der Waals surface area (Å²) in [7, 11) is 0. The number of carbonyl (C=O) groups excluding carboxylic acids is 1. The van der Waals surface area contributed by atoms with Crippen LogP contribution in [-0.2, 0) is 4.74 Å². The molecule has 0 aromatic rings. The third-order valence-corrected chi connectivity index (χ3v) is 3.11. The molecule has 1 rings (SSSR count). The molecule has 17 heavy (non-hydrogen) atoms. The van der Waals surface area contributed by atoms with Gasteiger partial charge < -0.3 is 15.0 Å². The van der Waals surface area contributed by atoms with Gasteiger partial charge in [0.2, 0.25) is 0 Å². The molecule has 1 atom stereocenters. The van der Waals surface area contributed by atoms with E-state index in [2.05, 4.69) is 19.2 Å². The van der Waals surface area contributed by atoms with Crippen molar-refractivity contribution in [1.29, 1.82) is 0 Å². The predicted molar refractivity (Wildman–Crippen MR) is 69.1 cm³/mol. The molecule has 2 amide bonds. The van der Waals surface area contributed by atoms with Gasteiger partial charge in [0.15, 0.2) is 0 Å². The number of hydrogen-bond donors (Lipinski definition) is 1. The molecule has 1 fully saturated rings. The Bertz CT molecular complexity index is 207. The first-order valence-corrected chi connectivity index (χ1v) is 6.91. The number of carbonyl (C=O) groups is 1. The summed E-state index contributed by atoms with van der Waals surface area (Å²) in [5, 5.41) is 3.06. The molecule has 1 saturated heterocycles. The van der Waals surface area contributed by atoms with Crippen molar-refractivity contribution in [3.8, 4) is 0 Å². The van der Waals surface area contributed by atoms with Gasteiger partial charge in [-0.05, 0) is 19.3 Å². The molecule has 0 aromatic carbocycles. The summed E-state index contributed by atoms with van der Waals surface area (Å²) in [5.74, 6) is 0. The molecular formula is C13H26N2O2. The summed E-state index contributed by atoms with van der Waals surface area (Å²) in [6.07, 6.45) is 5.36. The van der Waals surface area contributed by atoms with Gasteiger partial charge in [-0.3, -0.25) is 0 Å². The Morgan fingerprint density at radius 1 is 1.29 bits per heavy atom. The monoisotopic (exact) mass is 242 g/mol. The molecule has 0 radical (unpaired) electrons. The van der Waals surface area contributed by atoms with Gasteiger partial charge in [0.1, 0.15) is 0 Å². The minimum absolute atomic E-state index is 0.0856. The Labute approximate surface area is 105 Å². The fourth-order valence-electron chi connectivity index (χ4n) is 1.93. The first kappa shape index (κ1) is 14.3. The quantitative estimate of drug-likeness (QED) is 0.744. The molecule has 1 unspecified atom stereocenters. The van der Waals surface area contributed by atoms with Crippen molar-refractivity contribution in [2.45, 2.75) is 52.0 Å². The zero-order chi connectivity index (χ0) is 12.5. The van der Waals surface area contributed by atoms with Gasteiger partial charge in [-0.15, -0.1) is 0 Å². The van der Waals surface area contributed by atoms with E-state index in [0.717, 1.165) is 51.8 Å². The lowest BCUT2D eigenvalue weighted by Crippen LogP contribution is -2.45. The smallest absolute Gasteiger partial charge is 0.317 e. The highest BCUT2D eigenvalue weighted by Crippen LogP contribution is 2.06. The first-order chi connectivity index (χ1) is 8.27. The fourth-order valence-corrected chi connectivity index (χ4v) is 1.93. The van der Waals surface area contributed by atoms with Crippen molar-refractivity contribution in [2.75, 3.05) is 26.3 Å². The lowest BCUT2D eigenvalue weighted by atomic mass is 10.2. The van der Waals surface area contributed by atoms with Gasteiger partial charge in [0, 0.05) is 19.7 Å². The predicted octanol–water partition coefficient (Wildman–Crippen LogP) is 2.39. The average molecular weight is 242 g/mol. The van der Waals surface area contributed by atoms with Crippen molar-refractivity contribution < 1.29 is 9.53 Å². The van der Waals surface area contributed by atoms with E-state index in [1.807, 2.05) is 4.90 Å². The Hall–Kier alpha value is -0.770. The van der Waals surface area contributed by atoms with Crippen LogP contribution in [0.4, 0.5) is 4.79 Å². The summed E-state index contributed by atoms with van der Waals surface area (Å²) in [4.78, 5) is 14.0. The van der Waals surface area contributed by atoms with Crippen LogP contribution >= 0.6 is 0 Å². The van der Waals surface area contributed by atoms with E-state index in [-0.39, 0.29) is 12.1 Å². The summed E-state index contributed by atoms with van der Waals surface area (Å²) < 4.78 is 5.27. The molecule has 0 aliphatic carbocycles. The highest BCUT2D eigenvalue weighted by Gasteiger charge is 2.20. The lowest BCUT2D eigenvalue weighted by Gasteiger charge is -2.24. The number of rotatable bonds is 7. The van der Waals surface area contributed by atoms with Crippen molar-refractivity contribution in [1.82, 2.24) is 10.2 Å². The van der Waals surface area contributed by atoms with Crippen LogP contribution in [0.25, 0.3) is 0 Å². The van der Waals surface area contributed by atoms with Crippen LogP contribution < -0.4 is 5.32 Å². The van der Waals surface area contributed by atoms with E-state index in [1.54, 1.807) is 0 Å². The number of unbranched alkanes of at least 4 members (excludes halogenated alkanes) is 2. The Morgan fingerprint density at radius 3 is 2.41 bits per heavy atom. The van der Waals surface area contributed by atoms with Crippen LogP contribution in [0.3, 0.4) is 0 Å². The van der Waals surface area contributed by atoms with Crippen LogP contribution in [0.1, 0.15) is 46.0 Å². The van der Waals surface area contributed by atoms with Crippen LogP contribution in [0.15, 0.2) is 0 Å². The largest absolute Gasteiger partial charge is 0.379 e. The first-order valence-electron chi connectivity index (χ1n) is 6.91. The van der Waals surface area contributed by atoms with E-state index in [1.165, 1.54) is 0 Å². The molecule has 0 aromatic heterocycles. The SMILES string of the molecule is CCCCN(CCCC)C(=O)NC1CCOC1. The topological polar surface area (TPSA) is 41.6 Å². The zero-order valence-electron chi connectivity index (χ0n) is 11.2. The molecule has 1 aliphatic rings. The molecule has 4 heteroatoms.